The normalized spacial score (nSPS) is 18.2. The molecule has 0 amide bonds. The zero-order chi connectivity index (χ0) is 24.1. The van der Waals surface area contributed by atoms with Crippen molar-refractivity contribution in [2.75, 3.05) is 0 Å². The van der Waals surface area contributed by atoms with Crippen LogP contribution < -0.4 is 0 Å². The standard InChI is InChI=1S/C18H26F11I/c1-3-4-5-6-7-8-9-10-11-13(2,30)12-14(19,17(24,25)26)15(20,21)16(22,23)18(27,28)29/h3-12H2,1-2H3. The molecule has 0 aliphatic carbocycles. The van der Waals surface area contributed by atoms with E-state index in [0.29, 0.717) is 12.8 Å². The second-order valence-corrected chi connectivity index (χ2v) is 10.4. The summed E-state index contributed by atoms with van der Waals surface area (Å²) >= 11 is 1.21. The second kappa shape index (κ2) is 10.7. The lowest BCUT2D eigenvalue weighted by molar-refractivity contribution is -0.412. The molecule has 30 heavy (non-hydrogen) atoms. The Hall–Kier alpha value is -0.0400. The van der Waals surface area contributed by atoms with E-state index >= 15 is 0 Å². The molecule has 0 bridgehead atoms. The fourth-order valence-corrected chi connectivity index (χ4v) is 3.95. The number of hydrogen-bond acceptors (Lipinski definition) is 0. The maximum Gasteiger partial charge on any atom is 0.460 e. The van der Waals surface area contributed by atoms with Gasteiger partial charge in [-0.2, -0.15) is 43.9 Å². The molecule has 0 aromatic heterocycles. The van der Waals surface area contributed by atoms with E-state index in [4.69, 9.17) is 0 Å². The molecule has 0 fully saturated rings. The lowest BCUT2D eigenvalue weighted by Crippen LogP contribution is -2.68. The summed E-state index contributed by atoms with van der Waals surface area (Å²) in [7, 11) is 0. The topological polar surface area (TPSA) is 0 Å². The van der Waals surface area contributed by atoms with Crippen molar-refractivity contribution in [1.29, 1.82) is 0 Å². The van der Waals surface area contributed by atoms with Crippen molar-refractivity contribution in [3.8, 4) is 0 Å². The summed E-state index contributed by atoms with van der Waals surface area (Å²) < 4.78 is 143. The first kappa shape index (κ1) is 30.0. The summed E-state index contributed by atoms with van der Waals surface area (Å²) in [6, 6.07) is 0. The van der Waals surface area contributed by atoms with Gasteiger partial charge in [-0.25, -0.2) is 4.39 Å². The van der Waals surface area contributed by atoms with Crippen LogP contribution in [0.4, 0.5) is 48.3 Å². The van der Waals surface area contributed by atoms with Crippen molar-refractivity contribution in [1.82, 2.24) is 0 Å². The van der Waals surface area contributed by atoms with Crippen LogP contribution in [0.25, 0.3) is 0 Å². The third-order valence-corrected chi connectivity index (χ3v) is 5.78. The summed E-state index contributed by atoms with van der Waals surface area (Å²) in [6.07, 6.45) is -9.93. The molecule has 0 N–H and O–H groups in total. The molecule has 0 aromatic carbocycles. The van der Waals surface area contributed by atoms with Crippen LogP contribution in [-0.4, -0.2) is 33.3 Å². The molecule has 0 spiro atoms. The highest BCUT2D eigenvalue weighted by atomic mass is 127. The Morgan fingerprint density at radius 3 is 1.33 bits per heavy atom. The van der Waals surface area contributed by atoms with Gasteiger partial charge >= 0.3 is 24.2 Å². The van der Waals surface area contributed by atoms with E-state index < -0.39 is 39.7 Å². The first-order valence-electron chi connectivity index (χ1n) is 9.54. The van der Waals surface area contributed by atoms with Gasteiger partial charge in [0.2, 0.25) is 0 Å². The molecular weight excluding hydrogens is 552 g/mol. The first-order valence-corrected chi connectivity index (χ1v) is 10.6. The Balaban J connectivity index is 5.29. The Morgan fingerprint density at radius 2 is 0.967 bits per heavy atom. The Bertz CT molecular complexity index is 511. The highest BCUT2D eigenvalue weighted by Gasteiger charge is 2.86. The zero-order valence-electron chi connectivity index (χ0n) is 16.6. The molecule has 0 aliphatic rings. The Kier molecular flexibility index (Phi) is 10.7. The molecular formula is C18H26F11I. The summed E-state index contributed by atoms with van der Waals surface area (Å²) in [6.45, 7) is 2.96. The van der Waals surface area contributed by atoms with Gasteiger partial charge in [-0.15, -0.1) is 0 Å². The molecule has 0 radical (unpaired) electrons. The molecule has 2 unspecified atom stereocenters. The van der Waals surface area contributed by atoms with Crippen molar-refractivity contribution >= 4 is 22.6 Å². The van der Waals surface area contributed by atoms with Gasteiger partial charge < -0.3 is 0 Å². The highest BCUT2D eigenvalue weighted by molar-refractivity contribution is 14.1. The molecule has 0 rings (SSSR count). The monoisotopic (exact) mass is 578 g/mol. The van der Waals surface area contributed by atoms with E-state index in [1.54, 1.807) is 0 Å². The van der Waals surface area contributed by atoms with Gasteiger partial charge in [0.1, 0.15) is 0 Å². The van der Waals surface area contributed by atoms with Crippen LogP contribution in [0.5, 0.6) is 0 Å². The SMILES string of the molecule is CCCCCCCCCCC(C)(I)CC(F)(C(F)(F)F)C(F)(F)C(F)(F)C(F)(F)F. The van der Waals surface area contributed by atoms with Crippen LogP contribution >= 0.6 is 22.6 Å². The number of halogens is 12. The fraction of sp³-hybridized carbons (Fsp3) is 1.00. The minimum absolute atomic E-state index is 0.197. The maximum atomic E-state index is 14.5. The smallest absolute Gasteiger partial charge is 0.227 e. The van der Waals surface area contributed by atoms with Gasteiger partial charge in [0.05, 0.1) is 0 Å². The maximum absolute atomic E-state index is 14.5. The van der Waals surface area contributed by atoms with E-state index in [9.17, 15) is 48.3 Å². The van der Waals surface area contributed by atoms with Crippen LogP contribution in [-0.2, 0) is 0 Å². The van der Waals surface area contributed by atoms with Gasteiger partial charge in [-0.3, -0.25) is 0 Å². The second-order valence-electron chi connectivity index (χ2n) is 7.76. The fourth-order valence-electron chi connectivity index (χ4n) is 3.04. The summed E-state index contributed by atoms with van der Waals surface area (Å²) in [5.41, 5.74) is -6.06. The average molecular weight is 578 g/mol. The molecule has 182 valence electrons. The Morgan fingerprint density at radius 1 is 0.567 bits per heavy atom. The van der Waals surface area contributed by atoms with Crippen molar-refractivity contribution in [2.45, 2.75) is 111 Å². The molecule has 2 atom stereocenters. The van der Waals surface area contributed by atoms with Crippen LogP contribution in [0.15, 0.2) is 0 Å². The quantitative estimate of drug-likeness (QED) is 0.0885. The van der Waals surface area contributed by atoms with E-state index in [2.05, 4.69) is 0 Å². The molecule has 0 aromatic rings. The van der Waals surface area contributed by atoms with Crippen molar-refractivity contribution < 1.29 is 48.3 Å². The van der Waals surface area contributed by atoms with E-state index in [1.165, 1.54) is 22.6 Å². The minimum Gasteiger partial charge on any atom is -0.227 e. The van der Waals surface area contributed by atoms with E-state index in [1.807, 2.05) is 6.92 Å². The number of unbranched alkanes of at least 4 members (excludes halogenated alkanes) is 7. The lowest BCUT2D eigenvalue weighted by atomic mass is 9.81. The van der Waals surface area contributed by atoms with E-state index in [-0.39, 0.29) is 12.8 Å². The molecule has 0 saturated carbocycles. The van der Waals surface area contributed by atoms with Crippen LogP contribution in [0.1, 0.15) is 78.1 Å². The third kappa shape index (κ3) is 7.25. The van der Waals surface area contributed by atoms with Gasteiger partial charge in [-0.1, -0.05) is 87.8 Å². The first-order chi connectivity index (χ1) is 13.3. The zero-order valence-corrected chi connectivity index (χ0v) is 18.8. The Labute approximate surface area is 182 Å². The lowest BCUT2D eigenvalue weighted by Gasteiger charge is -2.42. The van der Waals surface area contributed by atoms with Gasteiger partial charge in [0.15, 0.2) is 0 Å². The summed E-state index contributed by atoms with van der Waals surface area (Å²) in [4.78, 5) is 0. The van der Waals surface area contributed by atoms with Crippen LogP contribution in [0.3, 0.4) is 0 Å². The van der Waals surface area contributed by atoms with Gasteiger partial charge in [-0.05, 0) is 6.42 Å². The summed E-state index contributed by atoms with van der Waals surface area (Å²) in [5.74, 6) is -14.2. The average Bonchev–Trinajstić information content (AvgIpc) is 2.54. The minimum atomic E-state index is -7.20. The molecule has 0 aliphatic heterocycles. The molecule has 0 nitrogen and oxygen atoms in total. The largest absolute Gasteiger partial charge is 0.460 e. The number of hydrogen-bond donors (Lipinski definition) is 0. The number of rotatable bonds is 13. The molecule has 0 saturated heterocycles. The predicted octanol–water partition coefficient (Wildman–Crippen LogP) is 9.20. The molecule has 12 heteroatoms. The van der Waals surface area contributed by atoms with Gasteiger partial charge in [0, 0.05) is 9.84 Å². The van der Waals surface area contributed by atoms with Crippen molar-refractivity contribution in [3.63, 3.8) is 0 Å². The van der Waals surface area contributed by atoms with Crippen molar-refractivity contribution in [3.05, 3.63) is 0 Å². The van der Waals surface area contributed by atoms with Gasteiger partial charge in [0.25, 0.3) is 5.67 Å². The highest BCUT2D eigenvalue weighted by Crippen LogP contribution is 2.60. The third-order valence-electron chi connectivity index (χ3n) is 4.86. The van der Waals surface area contributed by atoms with E-state index in [0.717, 1.165) is 39.0 Å². The van der Waals surface area contributed by atoms with Crippen LogP contribution in [0, 0.1) is 0 Å². The molecule has 0 heterocycles. The van der Waals surface area contributed by atoms with Crippen LogP contribution in [0.2, 0.25) is 0 Å². The summed E-state index contributed by atoms with van der Waals surface area (Å²) in [5, 5.41) is 0. The van der Waals surface area contributed by atoms with Crippen molar-refractivity contribution in [2.24, 2.45) is 0 Å². The predicted molar refractivity (Wildman–Crippen MR) is 100 cm³/mol. The number of alkyl halides is 12.